The largest absolute Gasteiger partial charge is 0.457 e. The number of hydrogen-bond donors (Lipinski definition) is 2. The molecule has 0 aliphatic rings. The van der Waals surface area contributed by atoms with Gasteiger partial charge in [0.05, 0.1) is 17.1 Å². The van der Waals surface area contributed by atoms with E-state index in [4.69, 9.17) is 9.84 Å². The summed E-state index contributed by atoms with van der Waals surface area (Å²) in [4.78, 5) is 22.7. The number of nitro benzene ring substituents is 1. The molecule has 0 atom stereocenters. The van der Waals surface area contributed by atoms with Gasteiger partial charge in [0.2, 0.25) is 0 Å². The number of nitrogens with zero attached hydrogens (tertiary/aromatic N) is 1. The molecule has 7 nitrogen and oxygen atoms in total. The highest BCUT2D eigenvalue weighted by Gasteiger charge is 2.18. The monoisotopic (exact) mass is 394 g/mol. The lowest BCUT2D eigenvalue weighted by Crippen LogP contribution is -2.13. The number of halogens is 1. The van der Waals surface area contributed by atoms with Crippen LogP contribution < -0.4 is 5.32 Å². The maximum Gasteiger partial charge on any atom is 0.340 e. The van der Waals surface area contributed by atoms with Gasteiger partial charge < -0.3 is 15.2 Å². The fourth-order valence-electron chi connectivity index (χ4n) is 2.00. The zero-order valence-electron chi connectivity index (χ0n) is 12.6. The maximum atomic E-state index is 12.3. The normalized spacial score (nSPS) is 10.2. The van der Waals surface area contributed by atoms with Crippen LogP contribution in [0.3, 0.4) is 0 Å². The van der Waals surface area contributed by atoms with Gasteiger partial charge in [0.15, 0.2) is 0 Å². The Kier molecular flexibility index (Phi) is 6.28. The molecule has 0 fully saturated rings. The molecule has 0 amide bonds. The molecule has 2 aromatic rings. The minimum atomic E-state index is -0.685. The maximum absolute atomic E-state index is 12.3. The van der Waals surface area contributed by atoms with Crippen LogP contribution in [-0.2, 0) is 11.3 Å². The molecule has 0 heterocycles. The fourth-order valence-corrected chi connectivity index (χ4v) is 2.40. The summed E-state index contributed by atoms with van der Waals surface area (Å²) in [6, 6.07) is 11.1. The van der Waals surface area contributed by atoms with E-state index in [0.717, 1.165) is 16.1 Å². The second-order valence-corrected chi connectivity index (χ2v) is 5.66. The van der Waals surface area contributed by atoms with Gasteiger partial charge in [0.25, 0.3) is 5.69 Å². The highest BCUT2D eigenvalue weighted by Crippen LogP contribution is 2.24. The Morgan fingerprint density at radius 2 is 2.04 bits per heavy atom. The number of nitro groups is 1. The third-order valence-electron chi connectivity index (χ3n) is 3.18. The van der Waals surface area contributed by atoms with Gasteiger partial charge in [-0.25, -0.2) is 4.79 Å². The number of esters is 1. The molecule has 8 heteroatoms. The third kappa shape index (κ3) is 4.53. The molecule has 0 aliphatic carbocycles. The van der Waals surface area contributed by atoms with E-state index in [0.29, 0.717) is 5.69 Å². The Bertz CT molecular complexity index is 751. The van der Waals surface area contributed by atoms with E-state index in [9.17, 15) is 14.9 Å². The lowest BCUT2D eigenvalue weighted by atomic mass is 10.1. The predicted molar refractivity (Wildman–Crippen MR) is 91.9 cm³/mol. The minimum absolute atomic E-state index is 0.0301. The van der Waals surface area contributed by atoms with Crippen LogP contribution in [0.4, 0.5) is 11.4 Å². The highest BCUT2D eigenvalue weighted by atomic mass is 79.9. The number of carbonyl (C=O) groups is 1. The zero-order chi connectivity index (χ0) is 17.5. The molecule has 0 saturated carbocycles. The van der Waals surface area contributed by atoms with Gasteiger partial charge in [-0.1, -0.05) is 34.1 Å². The first-order chi connectivity index (χ1) is 11.5. The number of anilines is 1. The van der Waals surface area contributed by atoms with E-state index in [1.807, 2.05) is 18.2 Å². The van der Waals surface area contributed by atoms with Crippen LogP contribution in [0.15, 0.2) is 46.9 Å². The number of aliphatic hydroxyl groups excluding tert-OH is 1. The van der Waals surface area contributed by atoms with E-state index < -0.39 is 10.9 Å². The quantitative estimate of drug-likeness (QED) is 0.424. The van der Waals surface area contributed by atoms with E-state index >= 15 is 0 Å². The summed E-state index contributed by atoms with van der Waals surface area (Å²) >= 11 is 3.36. The topological polar surface area (TPSA) is 102 Å². The van der Waals surface area contributed by atoms with E-state index in [-0.39, 0.29) is 31.0 Å². The first kappa shape index (κ1) is 17.9. The standard InChI is InChI=1S/C16H15BrN2O5/c17-14-4-2-1-3-11(14)10-24-16(21)13-9-12(19(22)23)5-6-15(13)18-7-8-20/h1-6,9,18,20H,7-8,10H2. The second-order valence-electron chi connectivity index (χ2n) is 4.80. The van der Waals surface area contributed by atoms with Gasteiger partial charge in [-0.2, -0.15) is 0 Å². The molecular formula is C16H15BrN2O5. The van der Waals surface area contributed by atoms with Crippen molar-refractivity contribution in [3.05, 3.63) is 68.2 Å². The molecule has 0 aromatic heterocycles. The number of aliphatic hydroxyl groups is 1. The molecule has 0 saturated heterocycles. The van der Waals surface area contributed by atoms with Gasteiger partial charge in [0, 0.05) is 34.4 Å². The van der Waals surface area contributed by atoms with Crippen molar-refractivity contribution in [2.24, 2.45) is 0 Å². The Labute approximate surface area is 146 Å². The lowest BCUT2D eigenvalue weighted by Gasteiger charge is -2.11. The molecule has 0 radical (unpaired) electrons. The molecule has 126 valence electrons. The van der Waals surface area contributed by atoms with Crippen molar-refractivity contribution in [2.45, 2.75) is 6.61 Å². The number of non-ortho nitro benzene ring substituents is 1. The number of ether oxygens (including phenoxy) is 1. The van der Waals surface area contributed by atoms with Gasteiger partial charge in [-0.05, 0) is 12.1 Å². The lowest BCUT2D eigenvalue weighted by molar-refractivity contribution is -0.384. The first-order valence-electron chi connectivity index (χ1n) is 7.06. The molecular weight excluding hydrogens is 380 g/mol. The van der Waals surface area contributed by atoms with Crippen molar-refractivity contribution < 1.29 is 19.6 Å². The zero-order valence-corrected chi connectivity index (χ0v) is 14.2. The van der Waals surface area contributed by atoms with Gasteiger partial charge >= 0.3 is 5.97 Å². The smallest absolute Gasteiger partial charge is 0.340 e. The number of rotatable bonds is 7. The molecule has 2 rings (SSSR count). The Balaban J connectivity index is 2.20. The Morgan fingerprint density at radius 1 is 1.29 bits per heavy atom. The summed E-state index contributed by atoms with van der Waals surface area (Å²) in [5.74, 6) is -0.685. The van der Waals surface area contributed by atoms with Gasteiger partial charge in [-0.3, -0.25) is 10.1 Å². The Hall–Kier alpha value is -2.45. The van der Waals surface area contributed by atoms with Crippen LogP contribution in [0.5, 0.6) is 0 Å². The highest BCUT2D eigenvalue weighted by molar-refractivity contribution is 9.10. The SMILES string of the molecule is O=C(OCc1ccccc1Br)c1cc([N+](=O)[O-])ccc1NCCO. The number of nitrogens with one attached hydrogen (secondary N) is 1. The average Bonchev–Trinajstić information content (AvgIpc) is 2.58. The summed E-state index contributed by atoms with van der Waals surface area (Å²) in [5, 5.41) is 22.6. The summed E-state index contributed by atoms with van der Waals surface area (Å²) in [7, 11) is 0. The van der Waals surface area contributed by atoms with Crippen LogP contribution in [-0.4, -0.2) is 29.2 Å². The van der Waals surface area contributed by atoms with E-state index in [1.165, 1.54) is 12.1 Å². The van der Waals surface area contributed by atoms with Crippen molar-refractivity contribution in [1.82, 2.24) is 0 Å². The van der Waals surface area contributed by atoms with Crippen LogP contribution in [0.1, 0.15) is 15.9 Å². The van der Waals surface area contributed by atoms with Gasteiger partial charge in [0.1, 0.15) is 6.61 Å². The van der Waals surface area contributed by atoms with Crippen molar-refractivity contribution in [1.29, 1.82) is 0 Å². The molecule has 0 bridgehead atoms. The van der Waals surface area contributed by atoms with Gasteiger partial charge in [-0.15, -0.1) is 0 Å². The molecule has 0 aliphatic heterocycles. The van der Waals surface area contributed by atoms with Crippen molar-refractivity contribution in [2.75, 3.05) is 18.5 Å². The van der Waals surface area contributed by atoms with E-state index in [2.05, 4.69) is 21.2 Å². The number of hydrogen-bond acceptors (Lipinski definition) is 6. The molecule has 0 unspecified atom stereocenters. The molecule has 0 spiro atoms. The second kappa shape index (κ2) is 8.42. The summed E-state index contributed by atoms with van der Waals surface area (Å²) in [5.41, 5.74) is 0.981. The third-order valence-corrected chi connectivity index (χ3v) is 3.95. The van der Waals surface area contributed by atoms with E-state index in [1.54, 1.807) is 6.07 Å². The fraction of sp³-hybridized carbons (Fsp3) is 0.188. The summed E-state index contributed by atoms with van der Waals surface area (Å²) in [6.07, 6.45) is 0. The summed E-state index contributed by atoms with van der Waals surface area (Å²) in [6.45, 7) is 0.104. The number of carbonyl (C=O) groups excluding carboxylic acids is 1. The molecule has 24 heavy (non-hydrogen) atoms. The summed E-state index contributed by atoms with van der Waals surface area (Å²) < 4.78 is 6.06. The van der Waals surface area contributed by atoms with Crippen molar-refractivity contribution >= 4 is 33.3 Å². The van der Waals surface area contributed by atoms with Crippen molar-refractivity contribution in [3.63, 3.8) is 0 Å². The Morgan fingerprint density at radius 3 is 2.71 bits per heavy atom. The van der Waals surface area contributed by atoms with Crippen LogP contribution >= 0.6 is 15.9 Å². The average molecular weight is 395 g/mol. The van der Waals surface area contributed by atoms with Crippen LogP contribution in [0.2, 0.25) is 0 Å². The van der Waals surface area contributed by atoms with Crippen molar-refractivity contribution in [3.8, 4) is 0 Å². The minimum Gasteiger partial charge on any atom is -0.457 e. The van der Waals surface area contributed by atoms with Crippen LogP contribution in [0.25, 0.3) is 0 Å². The first-order valence-corrected chi connectivity index (χ1v) is 7.86. The van der Waals surface area contributed by atoms with Crippen LogP contribution in [0, 0.1) is 10.1 Å². The predicted octanol–water partition coefficient (Wildman–Crippen LogP) is 3.12. The number of benzene rings is 2. The molecule has 2 N–H and O–H groups in total. The molecule has 2 aromatic carbocycles.